The third-order valence-corrected chi connectivity index (χ3v) is 7.38. The van der Waals surface area contributed by atoms with Gasteiger partial charge in [0.1, 0.15) is 5.82 Å². The average Bonchev–Trinajstić information content (AvgIpc) is 3.46. The van der Waals surface area contributed by atoms with Crippen LogP contribution >= 0.6 is 0 Å². The lowest BCUT2D eigenvalue weighted by atomic mass is 10.1. The van der Waals surface area contributed by atoms with Crippen LogP contribution in [0.25, 0.3) is 0 Å². The van der Waals surface area contributed by atoms with Crippen molar-refractivity contribution in [1.29, 1.82) is 0 Å². The zero-order valence-electron chi connectivity index (χ0n) is 16.3. The van der Waals surface area contributed by atoms with Gasteiger partial charge in [-0.15, -0.1) is 0 Å². The molecule has 7 nitrogen and oxygen atoms in total. The quantitative estimate of drug-likeness (QED) is 0.670. The molecular weight excluding hydrogens is 397 g/mol. The number of aromatic nitrogens is 2. The van der Waals surface area contributed by atoms with E-state index in [0.717, 1.165) is 30.7 Å². The summed E-state index contributed by atoms with van der Waals surface area (Å²) in [6, 6.07) is 6.75. The molecule has 4 rings (SSSR count). The van der Waals surface area contributed by atoms with Gasteiger partial charge in [-0.3, -0.25) is 4.68 Å². The zero-order chi connectivity index (χ0) is 20.6. The minimum Gasteiger partial charge on any atom is -0.461 e. The smallest absolute Gasteiger partial charge is 0.358 e. The highest BCUT2D eigenvalue weighted by molar-refractivity contribution is 7.89. The molecule has 2 fully saturated rings. The Bertz CT molecular complexity index is 991. The van der Waals surface area contributed by atoms with Gasteiger partial charge in [0, 0.05) is 24.7 Å². The molecule has 156 valence electrons. The van der Waals surface area contributed by atoms with E-state index >= 15 is 0 Å². The first-order chi connectivity index (χ1) is 13.9. The number of benzene rings is 1. The number of piperidine rings is 1. The van der Waals surface area contributed by atoms with Crippen molar-refractivity contribution in [2.75, 3.05) is 19.7 Å². The molecule has 1 saturated carbocycles. The molecule has 0 bridgehead atoms. The van der Waals surface area contributed by atoms with Crippen molar-refractivity contribution in [2.45, 2.75) is 49.5 Å². The third kappa shape index (κ3) is 4.06. The van der Waals surface area contributed by atoms with Crippen LogP contribution in [-0.2, 0) is 14.8 Å². The summed E-state index contributed by atoms with van der Waals surface area (Å²) in [5, 5.41) is 4.50. The van der Waals surface area contributed by atoms with E-state index in [-0.39, 0.29) is 10.9 Å². The van der Waals surface area contributed by atoms with Gasteiger partial charge in [0.15, 0.2) is 5.69 Å². The van der Waals surface area contributed by atoms with Crippen molar-refractivity contribution in [3.05, 3.63) is 47.5 Å². The monoisotopic (exact) mass is 421 g/mol. The molecule has 29 heavy (non-hydrogen) atoms. The van der Waals surface area contributed by atoms with Crippen LogP contribution in [0.3, 0.4) is 0 Å². The first-order valence-corrected chi connectivity index (χ1v) is 11.4. The highest BCUT2D eigenvalue weighted by atomic mass is 32.2. The molecule has 0 spiro atoms. The number of carbonyl (C=O) groups is 1. The maximum absolute atomic E-state index is 13.1. The Morgan fingerprint density at radius 3 is 2.41 bits per heavy atom. The number of halogens is 1. The van der Waals surface area contributed by atoms with E-state index in [2.05, 4.69) is 5.10 Å². The molecule has 1 aromatic heterocycles. The van der Waals surface area contributed by atoms with Crippen LogP contribution in [0.4, 0.5) is 4.39 Å². The fraction of sp³-hybridized carbons (Fsp3) is 0.500. The number of rotatable bonds is 6. The standard InChI is InChI=1S/C20H24FN3O4S/c1-2-28-20(25)18-13-19(14-3-4-14)24(22-18)16-9-11-23(12-10-16)29(26,27)17-7-5-15(21)6-8-17/h5-8,13-14,16H,2-4,9-12H2,1H3. The van der Waals surface area contributed by atoms with Crippen LogP contribution < -0.4 is 0 Å². The number of ether oxygens (including phenoxy) is 1. The normalized spacial score (nSPS) is 18.7. The largest absolute Gasteiger partial charge is 0.461 e. The molecule has 0 amide bonds. The maximum atomic E-state index is 13.1. The van der Waals surface area contributed by atoms with Crippen molar-refractivity contribution in [2.24, 2.45) is 0 Å². The summed E-state index contributed by atoms with van der Waals surface area (Å²) >= 11 is 0. The summed E-state index contributed by atoms with van der Waals surface area (Å²) in [7, 11) is -3.65. The number of nitrogens with zero attached hydrogens (tertiary/aromatic N) is 3. The Morgan fingerprint density at radius 1 is 1.17 bits per heavy atom. The van der Waals surface area contributed by atoms with Crippen LogP contribution in [0.1, 0.15) is 60.7 Å². The Balaban J connectivity index is 1.49. The van der Waals surface area contributed by atoms with E-state index in [1.54, 1.807) is 6.92 Å². The Labute approximate surface area is 169 Å². The number of sulfonamides is 1. The fourth-order valence-corrected chi connectivity index (χ4v) is 5.24. The van der Waals surface area contributed by atoms with Gasteiger partial charge >= 0.3 is 5.97 Å². The first-order valence-electron chi connectivity index (χ1n) is 9.92. The van der Waals surface area contributed by atoms with Gasteiger partial charge in [0.05, 0.1) is 17.5 Å². The highest BCUT2D eigenvalue weighted by Gasteiger charge is 2.35. The second-order valence-corrected chi connectivity index (χ2v) is 9.42. The van der Waals surface area contributed by atoms with Crippen LogP contribution in [0.2, 0.25) is 0 Å². The van der Waals surface area contributed by atoms with Gasteiger partial charge in [-0.25, -0.2) is 17.6 Å². The molecule has 1 saturated heterocycles. The SMILES string of the molecule is CCOC(=O)c1cc(C2CC2)n(C2CCN(S(=O)(=O)c3ccc(F)cc3)CC2)n1. The van der Waals surface area contributed by atoms with Gasteiger partial charge in [0.2, 0.25) is 10.0 Å². The van der Waals surface area contributed by atoms with Crippen molar-refractivity contribution < 1.29 is 22.3 Å². The summed E-state index contributed by atoms with van der Waals surface area (Å²) in [6.07, 6.45) is 3.35. The molecule has 0 atom stereocenters. The molecular formula is C20H24FN3O4S. The van der Waals surface area contributed by atoms with Crippen molar-refractivity contribution in [3.63, 3.8) is 0 Å². The van der Waals surface area contributed by atoms with E-state index in [9.17, 15) is 17.6 Å². The summed E-state index contributed by atoms with van der Waals surface area (Å²) < 4.78 is 47.2. The molecule has 2 aliphatic rings. The van der Waals surface area contributed by atoms with Crippen molar-refractivity contribution in [3.8, 4) is 0 Å². The van der Waals surface area contributed by atoms with Gasteiger partial charge in [-0.05, 0) is 62.9 Å². The number of hydrogen-bond acceptors (Lipinski definition) is 5. The molecule has 1 aliphatic heterocycles. The molecule has 2 heterocycles. The van der Waals surface area contributed by atoms with Gasteiger partial charge in [0.25, 0.3) is 0 Å². The summed E-state index contributed by atoms with van der Waals surface area (Å²) in [5.74, 6) is -0.484. The predicted molar refractivity (Wildman–Crippen MR) is 104 cm³/mol. The minimum absolute atomic E-state index is 0.0356. The second-order valence-electron chi connectivity index (χ2n) is 7.48. The van der Waals surface area contributed by atoms with Gasteiger partial charge in [-0.1, -0.05) is 0 Å². The number of carbonyl (C=O) groups excluding carboxylic acids is 1. The van der Waals surface area contributed by atoms with Crippen LogP contribution in [0.15, 0.2) is 35.2 Å². The van der Waals surface area contributed by atoms with Gasteiger partial charge in [-0.2, -0.15) is 9.40 Å². The van der Waals surface area contributed by atoms with E-state index < -0.39 is 21.8 Å². The molecule has 0 N–H and O–H groups in total. The van der Waals surface area contributed by atoms with E-state index in [4.69, 9.17) is 4.74 Å². The van der Waals surface area contributed by atoms with Gasteiger partial charge < -0.3 is 4.74 Å². The van der Waals surface area contributed by atoms with E-state index in [1.807, 2.05) is 10.7 Å². The van der Waals surface area contributed by atoms with E-state index in [1.165, 1.54) is 16.4 Å². The molecule has 9 heteroatoms. The van der Waals surface area contributed by atoms with E-state index in [0.29, 0.717) is 44.1 Å². The maximum Gasteiger partial charge on any atom is 0.358 e. The van der Waals surface area contributed by atoms with Crippen LogP contribution in [0, 0.1) is 5.82 Å². The Hall–Kier alpha value is -2.26. The lowest BCUT2D eigenvalue weighted by molar-refractivity contribution is 0.0517. The predicted octanol–water partition coefficient (Wildman–Crippen LogP) is 3.10. The lowest BCUT2D eigenvalue weighted by Gasteiger charge is -2.32. The molecule has 1 aromatic carbocycles. The minimum atomic E-state index is -3.65. The second kappa shape index (κ2) is 7.87. The summed E-state index contributed by atoms with van der Waals surface area (Å²) in [6.45, 7) is 2.75. The van der Waals surface area contributed by atoms with Crippen molar-refractivity contribution >= 4 is 16.0 Å². The van der Waals surface area contributed by atoms with Crippen LogP contribution in [0.5, 0.6) is 0 Å². The summed E-state index contributed by atoms with van der Waals surface area (Å²) in [4.78, 5) is 12.2. The van der Waals surface area contributed by atoms with Crippen molar-refractivity contribution in [1.82, 2.24) is 14.1 Å². The highest BCUT2D eigenvalue weighted by Crippen LogP contribution is 2.42. The average molecular weight is 421 g/mol. The summed E-state index contributed by atoms with van der Waals surface area (Å²) in [5.41, 5.74) is 1.35. The topological polar surface area (TPSA) is 81.5 Å². The zero-order valence-corrected chi connectivity index (χ0v) is 17.1. The number of esters is 1. The van der Waals surface area contributed by atoms with Crippen LogP contribution in [-0.4, -0.2) is 48.2 Å². The fourth-order valence-electron chi connectivity index (χ4n) is 3.77. The molecule has 0 unspecified atom stereocenters. The molecule has 0 radical (unpaired) electrons. The third-order valence-electron chi connectivity index (χ3n) is 5.47. The Morgan fingerprint density at radius 2 is 1.83 bits per heavy atom. The molecule has 2 aromatic rings. The lowest BCUT2D eigenvalue weighted by Crippen LogP contribution is -2.39. The first kappa shape index (κ1) is 20.0. The Kier molecular flexibility index (Phi) is 5.44. The molecule has 1 aliphatic carbocycles. The number of hydrogen-bond donors (Lipinski definition) is 0.